The van der Waals surface area contributed by atoms with E-state index < -0.39 is 0 Å². The number of methoxy groups -OCH3 is 1. The van der Waals surface area contributed by atoms with Crippen molar-refractivity contribution in [3.8, 4) is 0 Å². The van der Waals surface area contributed by atoms with Gasteiger partial charge in [-0.3, -0.25) is 0 Å². The van der Waals surface area contributed by atoms with Crippen molar-refractivity contribution in [1.29, 1.82) is 0 Å². The van der Waals surface area contributed by atoms with Crippen LogP contribution in [0.15, 0.2) is 4.52 Å². The van der Waals surface area contributed by atoms with Gasteiger partial charge in [0.15, 0.2) is 0 Å². The van der Waals surface area contributed by atoms with Gasteiger partial charge in [-0.05, 0) is 50.9 Å². The molecule has 0 amide bonds. The van der Waals surface area contributed by atoms with Crippen molar-refractivity contribution in [2.75, 3.05) is 7.11 Å². The summed E-state index contributed by atoms with van der Waals surface area (Å²) in [5, 5.41) is 7.93. The number of ether oxygens (including phenoxy) is 1. The van der Waals surface area contributed by atoms with E-state index in [2.05, 4.69) is 17.4 Å². The van der Waals surface area contributed by atoms with E-state index in [1.54, 1.807) is 7.11 Å². The van der Waals surface area contributed by atoms with Crippen molar-refractivity contribution in [1.82, 2.24) is 15.5 Å². The minimum Gasteiger partial charge on any atom is -0.370 e. The molecule has 0 spiro atoms. The first kappa shape index (κ1) is 13.7. The molecule has 3 aliphatic rings. The highest BCUT2D eigenvalue weighted by molar-refractivity contribution is 5.12. The summed E-state index contributed by atoms with van der Waals surface area (Å²) in [5.74, 6) is 2.77. The Labute approximate surface area is 125 Å². The van der Waals surface area contributed by atoms with Crippen LogP contribution in [0, 0.1) is 5.92 Å². The van der Waals surface area contributed by atoms with Gasteiger partial charge in [-0.1, -0.05) is 12.1 Å². The van der Waals surface area contributed by atoms with Gasteiger partial charge in [-0.2, -0.15) is 4.98 Å². The van der Waals surface area contributed by atoms with Crippen LogP contribution in [0.2, 0.25) is 0 Å². The second-order valence-corrected chi connectivity index (χ2v) is 7.23. The molecule has 5 nitrogen and oxygen atoms in total. The summed E-state index contributed by atoms with van der Waals surface area (Å²) in [6.45, 7) is 2.31. The van der Waals surface area contributed by atoms with Gasteiger partial charge in [-0.25, -0.2) is 0 Å². The maximum atomic E-state index is 5.85. The average molecular weight is 291 g/mol. The summed E-state index contributed by atoms with van der Waals surface area (Å²) < 4.78 is 11.5. The maximum absolute atomic E-state index is 5.85. The smallest absolute Gasteiger partial charge is 0.231 e. The minimum absolute atomic E-state index is 0.320. The van der Waals surface area contributed by atoms with E-state index in [1.807, 2.05) is 0 Å². The Bertz CT molecular complexity index is 507. The third-order valence-corrected chi connectivity index (χ3v) is 5.94. The fourth-order valence-corrected chi connectivity index (χ4v) is 4.42. The van der Waals surface area contributed by atoms with Crippen LogP contribution in [-0.2, 0) is 10.3 Å². The Morgan fingerprint density at radius 1 is 1.24 bits per heavy atom. The molecule has 0 aromatic carbocycles. The van der Waals surface area contributed by atoms with E-state index in [0.29, 0.717) is 18.0 Å². The number of hydrogen-bond donors (Lipinski definition) is 1. The molecule has 1 aliphatic carbocycles. The maximum Gasteiger partial charge on any atom is 0.231 e. The molecule has 116 valence electrons. The van der Waals surface area contributed by atoms with E-state index in [1.165, 1.54) is 25.7 Å². The normalized spacial score (nSPS) is 42.6. The van der Waals surface area contributed by atoms with Gasteiger partial charge in [0.25, 0.3) is 0 Å². The number of rotatable bonds is 3. The molecule has 1 aromatic heterocycles. The van der Waals surface area contributed by atoms with Crippen LogP contribution in [0.1, 0.15) is 69.5 Å². The van der Waals surface area contributed by atoms with Gasteiger partial charge in [0.05, 0.1) is 5.92 Å². The molecule has 5 heteroatoms. The molecule has 3 atom stereocenters. The summed E-state index contributed by atoms with van der Waals surface area (Å²) in [6, 6.07) is 1.19. The fraction of sp³-hybridized carbons (Fsp3) is 0.875. The number of hydrogen-bond acceptors (Lipinski definition) is 5. The van der Waals surface area contributed by atoms with Crippen molar-refractivity contribution in [3.05, 3.63) is 11.7 Å². The number of fused-ring (bicyclic) bond motifs is 2. The van der Waals surface area contributed by atoms with Crippen LogP contribution in [0.3, 0.4) is 0 Å². The van der Waals surface area contributed by atoms with Crippen LogP contribution < -0.4 is 5.32 Å². The lowest BCUT2D eigenvalue weighted by atomic mass is 9.79. The van der Waals surface area contributed by atoms with E-state index in [0.717, 1.165) is 36.9 Å². The monoisotopic (exact) mass is 291 g/mol. The van der Waals surface area contributed by atoms with Crippen molar-refractivity contribution in [2.45, 2.75) is 75.5 Å². The van der Waals surface area contributed by atoms with Gasteiger partial charge < -0.3 is 14.6 Å². The third-order valence-electron chi connectivity index (χ3n) is 5.94. The van der Waals surface area contributed by atoms with Crippen molar-refractivity contribution < 1.29 is 9.26 Å². The Hall–Kier alpha value is -0.940. The minimum atomic E-state index is -0.320. The Kier molecular flexibility index (Phi) is 3.30. The molecule has 1 N–H and O–H groups in total. The summed E-state index contributed by atoms with van der Waals surface area (Å²) in [5.41, 5.74) is -0.320. The predicted octanol–water partition coefficient (Wildman–Crippen LogP) is 2.73. The standard InChI is InChI=1S/C16H25N3O2/c1-10-5-7-16(20-2,8-6-10)15-18-14(21-19-15)12-9-11-3-4-13(12)17-11/h10-13,17H,3-9H2,1-2H3. The highest BCUT2D eigenvalue weighted by Crippen LogP contribution is 2.43. The summed E-state index contributed by atoms with van der Waals surface area (Å²) >= 11 is 0. The zero-order chi connectivity index (χ0) is 14.4. The van der Waals surface area contributed by atoms with Gasteiger partial charge in [0.2, 0.25) is 11.7 Å². The fourth-order valence-electron chi connectivity index (χ4n) is 4.42. The van der Waals surface area contributed by atoms with Gasteiger partial charge in [-0.15, -0.1) is 0 Å². The zero-order valence-electron chi connectivity index (χ0n) is 13.0. The Morgan fingerprint density at radius 3 is 2.67 bits per heavy atom. The number of nitrogens with zero attached hydrogens (tertiary/aromatic N) is 2. The van der Waals surface area contributed by atoms with Gasteiger partial charge in [0.1, 0.15) is 5.60 Å². The first-order chi connectivity index (χ1) is 10.2. The molecule has 1 aromatic rings. The highest BCUT2D eigenvalue weighted by atomic mass is 16.5. The van der Waals surface area contributed by atoms with E-state index in [-0.39, 0.29) is 5.60 Å². The van der Waals surface area contributed by atoms with Gasteiger partial charge in [0, 0.05) is 19.2 Å². The predicted molar refractivity (Wildman–Crippen MR) is 77.9 cm³/mol. The lowest BCUT2D eigenvalue weighted by Crippen LogP contribution is -2.34. The topological polar surface area (TPSA) is 60.2 Å². The third kappa shape index (κ3) is 2.21. The second-order valence-electron chi connectivity index (χ2n) is 7.23. The molecule has 4 rings (SSSR count). The molecule has 1 saturated carbocycles. The lowest BCUT2D eigenvalue weighted by molar-refractivity contribution is -0.0609. The second kappa shape index (κ2) is 5.06. The molecule has 2 bridgehead atoms. The van der Waals surface area contributed by atoms with E-state index >= 15 is 0 Å². The quantitative estimate of drug-likeness (QED) is 0.928. The average Bonchev–Trinajstić information content (AvgIpc) is 3.24. The molecule has 0 radical (unpaired) electrons. The van der Waals surface area contributed by atoms with Crippen molar-refractivity contribution in [3.63, 3.8) is 0 Å². The summed E-state index contributed by atoms with van der Waals surface area (Å²) in [6.07, 6.45) is 8.02. The number of aromatic nitrogens is 2. The first-order valence-corrected chi connectivity index (χ1v) is 8.35. The van der Waals surface area contributed by atoms with Crippen molar-refractivity contribution >= 4 is 0 Å². The van der Waals surface area contributed by atoms with Crippen LogP contribution in [0.5, 0.6) is 0 Å². The van der Waals surface area contributed by atoms with Gasteiger partial charge >= 0.3 is 0 Å². The largest absolute Gasteiger partial charge is 0.370 e. The van der Waals surface area contributed by atoms with E-state index in [9.17, 15) is 0 Å². The molecule has 3 fully saturated rings. The number of nitrogens with one attached hydrogen (secondary N) is 1. The molecule has 3 heterocycles. The SMILES string of the molecule is COC1(c2noc(C3CC4CCC3N4)n2)CCC(C)CC1. The van der Waals surface area contributed by atoms with Crippen LogP contribution in [-0.4, -0.2) is 29.3 Å². The highest BCUT2D eigenvalue weighted by Gasteiger charge is 2.45. The molecule has 3 unspecified atom stereocenters. The summed E-state index contributed by atoms with van der Waals surface area (Å²) in [4.78, 5) is 4.76. The van der Waals surface area contributed by atoms with Crippen LogP contribution >= 0.6 is 0 Å². The van der Waals surface area contributed by atoms with E-state index in [4.69, 9.17) is 14.2 Å². The molecule has 2 aliphatic heterocycles. The molecule has 21 heavy (non-hydrogen) atoms. The zero-order valence-corrected chi connectivity index (χ0v) is 13.0. The van der Waals surface area contributed by atoms with Crippen LogP contribution in [0.25, 0.3) is 0 Å². The molecule has 2 saturated heterocycles. The summed E-state index contributed by atoms with van der Waals surface area (Å²) in [7, 11) is 1.78. The van der Waals surface area contributed by atoms with Crippen molar-refractivity contribution in [2.24, 2.45) is 5.92 Å². The first-order valence-electron chi connectivity index (χ1n) is 8.35. The van der Waals surface area contributed by atoms with Crippen LogP contribution in [0.4, 0.5) is 0 Å². The Balaban J connectivity index is 1.56. The molecular weight excluding hydrogens is 266 g/mol. The Morgan fingerprint density at radius 2 is 2.05 bits per heavy atom. The molecular formula is C16H25N3O2. The lowest BCUT2D eigenvalue weighted by Gasteiger charge is -2.35.